The quantitative estimate of drug-likeness (QED) is 0.674. The number of carbonyl (C=O) groups excluding carboxylic acids is 1. The second-order valence-corrected chi connectivity index (χ2v) is 6.53. The number of amides is 1. The van der Waals surface area contributed by atoms with Gasteiger partial charge in [-0.05, 0) is 58.7 Å². The summed E-state index contributed by atoms with van der Waals surface area (Å²) in [6.07, 6.45) is 0. The van der Waals surface area contributed by atoms with Crippen LogP contribution in [0.4, 0.5) is 11.4 Å². The molecule has 0 spiro atoms. The molecule has 0 aliphatic rings. The minimum absolute atomic E-state index is 0.274. The van der Waals surface area contributed by atoms with Crippen LogP contribution in [0.5, 0.6) is 0 Å². The molecule has 20 heavy (non-hydrogen) atoms. The van der Waals surface area contributed by atoms with Crippen molar-refractivity contribution >= 4 is 60.7 Å². The maximum Gasteiger partial charge on any atom is 0.255 e. The third-order valence-electron chi connectivity index (χ3n) is 2.63. The number of anilines is 2. The Morgan fingerprint density at radius 1 is 1.20 bits per heavy atom. The predicted octanol–water partition coefficient (Wildman–Crippen LogP) is 5.01. The van der Waals surface area contributed by atoms with Crippen molar-refractivity contribution in [2.24, 2.45) is 0 Å². The number of hydrogen-bond acceptors (Lipinski definition) is 2. The van der Waals surface area contributed by atoms with Gasteiger partial charge in [0.25, 0.3) is 5.91 Å². The maximum atomic E-state index is 12.2. The van der Waals surface area contributed by atoms with Crippen LogP contribution in [0.1, 0.15) is 15.9 Å². The smallest absolute Gasteiger partial charge is 0.255 e. The fourth-order valence-electron chi connectivity index (χ4n) is 1.77. The lowest BCUT2D eigenvalue weighted by atomic mass is 10.1. The van der Waals surface area contributed by atoms with Crippen LogP contribution in [0.3, 0.4) is 0 Å². The van der Waals surface area contributed by atoms with Gasteiger partial charge < -0.3 is 11.1 Å². The molecule has 0 radical (unpaired) electrons. The number of nitrogens with one attached hydrogen (secondary N) is 1. The zero-order chi connectivity index (χ0) is 14.9. The van der Waals surface area contributed by atoms with Gasteiger partial charge in [-0.2, -0.15) is 0 Å². The lowest BCUT2D eigenvalue weighted by Crippen LogP contribution is -2.14. The monoisotopic (exact) mass is 416 g/mol. The van der Waals surface area contributed by atoms with Crippen LogP contribution in [0.2, 0.25) is 5.02 Å². The first-order valence-corrected chi connectivity index (χ1v) is 7.66. The van der Waals surface area contributed by atoms with Crippen molar-refractivity contribution in [2.75, 3.05) is 11.1 Å². The summed E-state index contributed by atoms with van der Waals surface area (Å²) in [5, 5.41) is 3.27. The number of nitrogen functional groups attached to an aromatic ring is 1. The third kappa shape index (κ3) is 3.53. The van der Waals surface area contributed by atoms with Gasteiger partial charge in [-0.3, -0.25) is 4.79 Å². The molecule has 2 rings (SSSR count). The van der Waals surface area contributed by atoms with E-state index in [-0.39, 0.29) is 5.91 Å². The number of rotatable bonds is 2. The van der Waals surface area contributed by atoms with Crippen LogP contribution in [0.15, 0.2) is 39.3 Å². The summed E-state index contributed by atoms with van der Waals surface area (Å²) in [6, 6.07) is 8.70. The number of carbonyl (C=O) groups is 1. The van der Waals surface area contributed by atoms with E-state index in [0.717, 1.165) is 14.5 Å². The SMILES string of the molecule is Cc1cc(N)c(NC(=O)c2cc(Cl)cc(Br)c2)c(Br)c1. The normalized spacial score (nSPS) is 10.4. The van der Waals surface area contributed by atoms with Gasteiger partial charge in [0.2, 0.25) is 0 Å². The molecule has 2 aromatic carbocycles. The Bertz CT molecular complexity index is 646. The lowest BCUT2D eigenvalue weighted by molar-refractivity contribution is 0.102. The van der Waals surface area contributed by atoms with Crippen LogP contribution in [-0.4, -0.2) is 5.91 Å². The second-order valence-electron chi connectivity index (χ2n) is 4.32. The van der Waals surface area contributed by atoms with Gasteiger partial charge >= 0.3 is 0 Å². The molecule has 6 heteroatoms. The van der Waals surface area contributed by atoms with E-state index in [1.807, 2.05) is 13.0 Å². The molecule has 0 saturated heterocycles. The van der Waals surface area contributed by atoms with Crippen LogP contribution in [-0.2, 0) is 0 Å². The Hall–Kier alpha value is -1.04. The first-order chi connectivity index (χ1) is 9.36. The summed E-state index contributed by atoms with van der Waals surface area (Å²) in [5.74, 6) is -0.274. The van der Waals surface area contributed by atoms with Crippen molar-refractivity contribution in [1.82, 2.24) is 0 Å². The zero-order valence-electron chi connectivity index (χ0n) is 10.5. The minimum Gasteiger partial charge on any atom is -0.397 e. The molecule has 3 nitrogen and oxygen atoms in total. The van der Waals surface area contributed by atoms with Gasteiger partial charge in [0.1, 0.15) is 0 Å². The molecular weight excluding hydrogens is 407 g/mol. The summed E-state index contributed by atoms with van der Waals surface area (Å²) in [5.41, 5.74) is 8.45. The van der Waals surface area contributed by atoms with Crippen molar-refractivity contribution < 1.29 is 4.79 Å². The van der Waals surface area contributed by atoms with E-state index < -0.39 is 0 Å². The molecule has 0 aliphatic carbocycles. The van der Waals surface area contributed by atoms with Gasteiger partial charge in [0.05, 0.1) is 11.4 Å². The minimum atomic E-state index is -0.274. The first kappa shape index (κ1) is 15.4. The second kappa shape index (κ2) is 6.16. The molecule has 0 aromatic heterocycles. The van der Waals surface area contributed by atoms with Crippen LogP contribution in [0.25, 0.3) is 0 Å². The van der Waals surface area contributed by atoms with E-state index >= 15 is 0 Å². The summed E-state index contributed by atoms with van der Waals surface area (Å²) >= 11 is 12.6. The Kier molecular flexibility index (Phi) is 4.73. The first-order valence-electron chi connectivity index (χ1n) is 5.70. The van der Waals surface area contributed by atoms with Crippen LogP contribution in [0, 0.1) is 6.92 Å². The molecule has 3 N–H and O–H groups in total. The summed E-state index contributed by atoms with van der Waals surface area (Å²) in [6.45, 7) is 1.93. The van der Waals surface area contributed by atoms with Gasteiger partial charge in [-0.25, -0.2) is 0 Å². The number of aryl methyl sites for hydroxylation is 1. The highest BCUT2D eigenvalue weighted by molar-refractivity contribution is 9.10. The Balaban J connectivity index is 2.32. The van der Waals surface area contributed by atoms with E-state index in [9.17, 15) is 4.79 Å². The Morgan fingerprint density at radius 3 is 2.50 bits per heavy atom. The van der Waals surface area contributed by atoms with Crippen molar-refractivity contribution in [2.45, 2.75) is 6.92 Å². The highest BCUT2D eigenvalue weighted by Crippen LogP contribution is 2.31. The molecule has 0 heterocycles. The molecule has 0 fully saturated rings. The van der Waals surface area contributed by atoms with Gasteiger partial charge in [0, 0.05) is 19.5 Å². The molecule has 2 aromatic rings. The predicted molar refractivity (Wildman–Crippen MR) is 90.4 cm³/mol. The van der Waals surface area contributed by atoms with Crippen molar-refractivity contribution in [1.29, 1.82) is 0 Å². The number of hydrogen-bond donors (Lipinski definition) is 2. The number of nitrogens with two attached hydrogens (primary N) is 1. The third-order valence-corrected chi connectivity index (χ3v) is 3.93. The van der Waals surface area contributed by atoms with E-state index in [2.05, 4.69) is 37.2 Å². The molecule has 0 saturated carbocycles. The molecule has 0 aliphatic heterocycles. The summed E-state index contributed by atoms with van der Waals surface area (Å²) < 4.78 is 1.48. The highest BCUT2D eigenvalue weighted by Gasteiger charge is 2.12. The molecular formula is C14H11Br2ClN2O. The van der Waals surface area contributed by atoms with Gasteiger partial charge in [0.15, 0.2) is 0 Å². The molecule has 0 unspecified atom stereocenters. The van der Waals surface area contributed by atoms with Crippen molar-refractivity contribution in [3.63, 3.8) is 0 Å². The highest BCUT2D eigenvalue weighted by atomic mass is 79.9. The van der Waals surface area contributed by atoms with E-state index in [1.165, 1.54) is 0 Å². The van der Waals surface area contributed by atoms with Crippen LogP contribution >= 0.6 is 43.5 Å². The standard InChI is InChI=1S/C14H11Br2ClN2O/c1-7-2-11(16)13(12(18)3-7)19-14(20)8-4-9(15)6-10(17)5-8/h2-6H,18H2,1H3,(H,19,20). The molecule has 0 atom stereocenters. The van der Waals surface area contributed by atoms with Crippen molar-refractivity contribution in [3.8, 4) is 0 Å². The Morgan fingerprint density at radius 2 is 1.90 bits per heavy atom. The van der Waals surface area contributed by atoms with Gasteiger partial charge in [-0.1, -0.05) is 27.5 Å². The zero-order valence-corrected chi connectivity index (χ0v) is 14.4. The largest absolute Gasteiger partial charge is 0.397 e. The van der Waals surface area contributed by atoms with Crippen molar-refractivity contribution in [3.05, 3.63) is 55.4 Å². The van der Waals surface area contributed by atoms with Crippen LogP contribution < -0.4 is 11.1 Å². The maximum absolute atomic E-state index is 12.2. The molecule has 1 amide bonds. The number of halogens is 3. The summed E-state index contributed by atoms with van der Waals surface area (Å²) in [7, 11) is 0. The van der Waals surface area contributed by atoms with E-state index in [1.54, 1.807) is 24.3 Å². The molecule has 0 bridgehead atoms. The number of benzene rings is 2. The Labute approximate surface area is 138 Å². The van der Waals surface area contributed by atoms with Gasteiger partial charge in [-0.15, -0.1) is 0 Å². The average Bonchev–Trinajstić information content (AvgIpc) is 2.32. The van der Waals surface area contributed by atoms with E-state index in [4.69, 9.17) is 17.3 Å². The average molecular weight is 419 g/mol. The fraction of sp³-hybridized carbons (Fsp3) is 0.0714. The molecule has 104 valence electrons. The lowest BCUT2D eigenvalue weighted by Gasteiger charge is -2.12. The summed E-state index contributed by atoms with van der Waals surface area (Å²) in [4.78, 5) is 12.2. The fourth-order valence-corrected chi connectivity index (χ4v) is 3.32. The topological polar surface area (TPSA) is 55.1 Å². The van der Waals surface area contributed by atoms with E-state index in [0.29, 0.717) is 22.0 Å².